The van der Waals surface area contributed by atoms with Crippen LogP contribution in [0.3, 0.4) is 0 Å². The molecule has 0 aliphatic heterocycles. The van der Waals surface area contributed by atoms with Crippen molar-refractivity contribution in [3.63, 3.8) is 0 Å². The maximum absolute atomic E-state index is 15.3. The van der Waals surface area contributed by atoms with Gasteiger partial charge in [-0.2, -0.15) is 9.29 Å². The predicted molar refractivity (Wildman–Crippen MR) is 112 cm³/mol. The van der Waals surface area contributed by atoms with E-state index in [0.29, 0.717) is 16.7 Å². The Bertz CT molecular complexity index is 962. The average Bonchev–Trinajstić information content (AvgIpc) is 2.57. The fraction of sp³-hybridized carbons (Fsp3) is 0.400. The first-order valence-electron chi connectivity index (χ1n) is 9.17. The minimum atomic E-state index is -1.19. The van der Waals surface area contributed by atoms with Crippen molar-refractivity contribution in [1.82, 2.24) is 9.97 Å². The van der Waals surface area contributed by atoms with Gasteiger partial charge in [-0.15, -0.1) is 0 Å². The van der Waals surface area contributed by atoms with Crippen LogP contribution in [0, 0.1) is 11.6 Å². The number of carbonyl (C=O) groups is 2. The third-order valence-electron chi connectivity index (χ3n) is 3.27. The van der Waals surface area contributed by atoms with Crippen LogP contribution in [0.2, 0.25) is 0 Å². The summed E-state index contributed by atoms with van der Waals surface area (Å²) in [5, 5.41) is -0.314. The molecular formula is C20H24F2N4O4S. The maximum atomic E-state index is 15.3. The molecule has 8 nitrogen and oxygen atoms in total. The first-order valence-corrected chi connectivity index (χ1v) is 9.99. The molecule has 168 valence electrons. The number of nitrogen functional groups attached to an aromatic ring is 1. The highest BCUT2D eigenvalue weighted by atomic mass is 32.2. The zero-order chi connectivity index (χ0) is 23.6. The number of halogens is 2. The van der Waals surface area contributed by atoms with Crippen LogP contribution in [0.15, 0.2) is 34.4 Å². The van der Waals surface area contributed by atoms with Gasteiger partial charge in [-0.1, -0.05) is 11.8 Å². The summed E-state index contributed by atoms with van der Waals surface area (Å²) in [6.45, 7) is 9.50. The van der Waals surface area contributed by atoms with Crippen molar-refractivity contribution in [1.29, 1.82) is 0 Å². The Morgan fingerprint density at radius 3 is 2.03 bits per heavy atom. The van der Waals surface area contributed by atoms with E-state index in [1.165, 1.54) is 12.1 Å². The molecule has 0 fully saturated rings. The van der Waals surface area contributed by atoms with E-state index in [-0.39, 0.29) is 15.6 Å². The molecule has 1 aromatic heterocycles. The number of anilines is 2. The number of nitrogens with two attached hydrogens (primary N) is 1. The van der Waals surface area contributed by atoms with E-state index in [1.807, 2.05) is 0 Å². The first-order chi connectivity index (χ1) is 14.2. The molecule has 0 atom stereocenters. The molecule has 0 aliphatic rings. The van der Waals surface area contributed by atoms with Crippen LogP contribution in [0.25, 0.3) is 0 Å². The van der Waals surface area contributed by atoms with Gasteiger partial charge in [-0.3, -0.25) is 0 Å². The molecule has 0 spiro atoms. The Kier molecular flexibility index (Phi) is 7.10. The van der Waals surface area contributed by atoms with Crippen LogP contribution in [0.1, 0.15) is 41.5 Å². The Labute approximate surface area is 183 Å². The summed E-state index contributed by atoms with van der Waals surface area (Å²) in [6.07, 6.45) is -1.43. The molecule has 2 aromatic rings. The summed E-state index contributed by atoms with van der Waals surface area (Å²) in [5.74, 6) is -2.49. The molecule has 2 amide bonds. The molecule has 0 bridgehead atoms. The van der Waals surface area contributed by atoms with Gasteiger partial charge in [0, 0.05) is 10.6 Å². The van der Waals surface area contributed by atoms with Gasteiger partial charge >= 0.3 is 12.2 Å². The van der Waals surface area contributed by atoms with E-state index in [9.17, 15) is 14.0 Å². The van der Waals surface area contributed by atoms with Gasteiger partial charge in [0.2, 0.25) is 0 Å². The minimum absolute atomic E-state index is 0.0406. The van der Waals surface area contributed by atoms with Gasteiger partial charge in [-0.05, 0) is 59.7 Å². The van der Waals surface area contributed by atoms with E-state index >= 15 is 4.39 Å². The van der Waals surface area contributed by atoms with Gasteiger partial charge in [0.1, 0.15) is 28.4 Å². The number of imide groups is 1. The highest BCUT2D eigenvalue weighted by Gasteiger charge is 2.36. The smallest absolute Gasteiger partial charge is 0.425 e. The second kappa shape index (κ2) is 9.04. The quantitative estimate of drug-likeness (QED) is 0.500. The Balaban J connectivity index is 2.49. The normalized spacial score (nSPS) is 11.7. The van der Waals surface area contributed by atoms with Gasteiger partial charge in [-0.25, -0.2) is 23.9 Å². The number of hydrogen-bond donors (Lipinski definition) is 1. The fourth-order valence-electron chi connectivity index (χ4n) is 2.14. The lowest BCUT2D eigenvalue weighted by Gasteiger charge is -2.28. The Morgan fingerprint density at radius 1 is 1.00 bits per heavy atom. The average molecular weight is 454 g/mol. The lowest BCUT2D eigenvalue weighted by Crippen LogP contribution is -2.44. The SMILES string of the molecule is CC(C)(C)OC(=O)N(C(=O)OC(C)(C)C)c1ncnc(Sc2ccc(N)cc2F)c1F. The lowest BCUT2D eigenvalue weighted by atomic mass is 10.2. The number of nitrogens with zero attached hydrogens (tertiary/aromatic N) is 3. The highest BCUT2D eigenvalue weighted by molar-refractivity contribution is 7.99. The number of rotatable bonds is 3. The monoisotopic (exact) mass is 454 g/mol. The summed E-state index contributed by atoms with van der Waals surface area (Å²) in [5.41, 5.74) is 3.76. The zero-order valence-electron chi connectivity index (χ0n) is 18.0. The molecule has 11 heteroatoms. The van der Waals surface area contributed by atoms with Crippen molar-refractivity contribution in [3.05, 3.63) is 36.2 Å². The predicted octanol–water partition coefficient (Wildman–Crippen LogP) is 5.16. The summed E-state index contributed by atoms with van der Waals surface area (Å²) in [7, 11) is 0. The van der Waals surface area contributed by atoms with Crippen molar-refractivity contribution in [3.8, 4) is 0 Å². The van der Waals surface area contributed by atoms with Gasteiger partial charge in [0.15, 0.2) is 11.6 Å². The van der Waals surface area contributed by atoms with Crippen LogP contribution < -0.4 is 10.6 Å². The third-order valence-corrected chi connectivity index (χ3v) is 4.29. The molecule has 2 N–H and O–H groups in total. The van der Waals surface area contributed by atoms with E-state index < -0.39 is 40.8 Å². The van der Waals surface area contributed by atoms with Crippen LogP contribution in [-0.4, -0.2) is 33.4 Å². The molecule has 0 aliphatic carbocycles. The van der Waals surface area contributed by atoms with Gasteiger partial charge < -0.3 is 15.2 Å². The molecule has 0 saturated heterocycles. The molecule has 1 heterocycles. The second-order valence-corrected chi connectivity index (χ2v) is 9.44. The van der Waals surface area contributed by atoms with Gasteiger partial charge in [0.25, 0.3) is 0 Å². The molecule has 0 saturated carbocycles. The summed E-state index contributed by atoms with van der Waals surface area (Å²) < 4.78 is 39.8. The van der Waals surface area contributed by atoms with Crippen LogP contribution >= 0.6 is 11.8 Å². The van der Waals surface area contributed by atoms with E-state index in [1.54, 1.807) is 41.5 Å². The molecule has 31 heavy (non-hydrogen) atoms. The zero-order valence-corrected chi connectivity index (χ0v) is 18.8. The van der Waals surface area contributed by atoms with Crippen LogP contribution in [-0.2, 0) is 9.47 Å². The van der Waals surface area contributed by atoms with Crippen molar-refractivity contribution in [2.75, 3.05) is 10.6 Å². The number of amides is 2. The number of ether oxygens (including phenoxy) is 2. The van der Waals surface area contributed by atoms with Crippen molar-refractivity contribution in [2.24, 2.45) is 0 Å². The van der Waals surface area contributed by atoms with Crippen molar-refractivity contribution in [2.45, 2.75) is 62.7 Å². The number of aromatic nitrogens is 2. The number of hydrogen-bond acceptors (Lipinski definition) is 8. The summed E-state index contributed by atoms with van der Waals surface area (Å²) in [6, 6.07) is 3.88. The summed E-state index contributed by atoms with van der Waals surface area (Å²) in [4.78, 5) is 33.3. The lowest BCUT2D eigenvalue weighted by molar-refractivity contribution is 0.0426. The van der Waals surface area contributed by atoms with Crippen LogP contribution in [0.4, 0.5) is 29.9 Å². The number of carbonyl (C=O) groups excluding carboxylic acids is 2. The fourth-order valence-corrected chi connectivity index (χ4v) is 2.92. The van der Waals surface area contributed by atoms with Gasteiger partial charge in [0.05, 0.1) is 0 Å². The molecule has 0 radical (unpaired) electrons. The Hall–Kier alpha value is -2.95. The van der Waals surface area contributed by atoms with Crippen molar-refractivity contribution >= 4 is 35.5 Å². The second-order valence-electron chi connectivity index (χ2n) is 8.40. The van der Waals surface area contributed by atoms with E-state index in [2.05, 4.69) is 9.97 Å². The standard InChI is InChI=1S/C20H24F2N4O4S/c1-19(2,3)29-17(27)26(18(28)30-20(4,5)6)15-14(22)16(25-10-24-15)31-13-8-7-11(23)9-12(13)21/h7-10H,23H2,1-6H3. The molecule has 1 aromatic carbocycles. The largest absolute Gasteiger partial charge is 0.443 e. The maximum Gasteiger partial charge on any atom is 0.425 e. The van der Waals surface area contributed by atoms with Crippen LogP contribution in [0.5, 0.6) is 0 Å². The third kappa shape index (κ3) is 6.78. The minimum Gasteiger partial charge on any atom is -0.443 e. The number of benzene rings is 1. The molecule has 0 unspecified atom stereocenters. The topological polar surface area (TPSA) is 108 Å². The first kappa shape index (κ1) is 24.3. The molecular weight excluding hydrogens is 430 g/mol. The highest BCUT2D eigenvalue weighted by Crippen LogP contribution is 2.34. The molecule has 2 rings (SSSR count). The van der Waals surface area contributed by atoms with Crippen molar-refractivity contribution < 1.29 is 27.8 Å². The van der Waals surface area contributed by atoms with E-state index in [0.717, 1.165) is 12.4 Å². The van der Waals surface area contributed by atoms with E-state index in [4.69, 9.17) is 15.2 Å². The summed E-state index contributed by atoms with van der Waals surface area (Å²) >= 11 is 0.643. The Morgan fingerprint density at radius 2 is 1.55 bits per heavy atom.